The maximum absolute atomic E-state index is 11.9. The van der Waals surface area contributed by atoms with E-state index in [1.807, 2.05) is 18.3 Å². The first kappa shape index (κ1) is 15.2. The fourth-order valence-electron chi connectivity index (χ4n) is 2.93. The van der Waals surface area contributed by atoms with Gasteiger partial charge >= 0.3 is 6.03 Å². The van der Waals surface area contributed by atoms with E-state index in [1.54, 1.807) is 0 Å². The number of nitrogens with one attached hydrogen (secondary N) is 4. The van der Waals surface area contributed by atoms with E-state index in [9.17, 15) is 4.79 Å². The lowest BCUT2D eigenvalue weighted by molar-refractivity contribution is 0.184. The predicted octanol–water partition coefficient (Wildman–Crippen LogP) is -0.178. The number of amides is 2. The molecule has 0 spiro atoms. The van der Waals surface area contributed by atoms with Crippen molar-refractivity contribution in [1.29, 1.82) is 0 Å². The highest BCUT2D eigenvalue weighted by molar-refractivity contribution is 5.74. The van der Waals surface area contributed by atoms with Crippen molar-refractivity contribution in [3.63, 3.8) is 0 Å². The number of rotatable bonds is 4. The second-order valence-corrected chi connectivity index (χ2v) is 5.95. The zero-order valence-electron chi connectivity index (χ0n) is 12.7. The maximum atomic E-state index is 11.9. The zero-order chi connectivity index (χ0) is 15.2. The Hall–Kier alpha value is -1.70. The van der Waals surface area contributed by atoms with E-state index in [0.717, 1.165) is 51.3 Å². The summed E-state index contributed by atoms with van der Waals surface area (Å²) in [6.45, 7) is 4.42. The van der Waals surface area contributed by atoms with E-state index in [1.165, 1.54) is 0 Å². The number of hydrazine groups is 1. The summed E-state index contributed by atoms with van der Waals surface area (Å²) >= 11 is 0. The number of likely N-dealkylation sites (tertiary alicyclic amines) is 1. The summed E-state index contributed by atoms with van der Waals surface area (Å²) in [7, 11) is 0. The Balaban J connectivity index is 1.37. The van der Waals surface area contributed by atoms with Gasteiger partial charge in [-0.3, -0.25) is 20.7 Å². The highest BCUT2D eigenvalue weighted by Gasteiger charge is 2.22. The van der Waals surface area contributed by atoms with Crippen LogP contribution < -0.4 is 21.5 Å². The average Bonchev–Trinajstić information content (AvgIpc) is 3.03. The van der Waals surface area contributed by atoms with Gasteiger partial charge in [0.25, 0.3) is 0 Å². The molecule has 2 aliphatic heterocycles. The van der Waals surface area contributed by atoms with Crippen LogP contribution in [0.25, 0.3) is 0 Å². The standard InChI is InChI=1S/C15H24N6O/c22-15(20-14-9-17-18-10-14)19-12-4-7-21(8-5-12)11-13-3-1-2-6-16-13/h1-3,6,12,14,17-18H,4-5,7-11H2,(H2,19,20,22). The third kappa shape index (κ3) is 4.40. The molecule has 2 fully saturated rings. The molecular formula is C15H24N6O. The minimum Gasteiger partial charge on any atom is -0.335 e. The van der Waals surface area contributed by atoms with E-state index in [4.69, 9.17) is 0 Å². The monoisotopic (exact) mass is 304 g/mol. The highest BCUT2D eigenvalue weighted by atomic mass is 16.2. The lowest BCUT2D eigenvalue weighted by atomic mass is 10.1. The maximum Gasteiger partial charge on any atom is 0.315 e. The first-order chi connectivity index (χ1) is 10.8. The van der Waals surface area contributed by atoms with Gasteiger partial charge in [-0.15, -0.1) is 0 Å². The van der Waals surface area contributed by atoms with Gasteiger partial charge in [0, 0.05) is 45.0 Å². The molecule has 0 radical (unpaired) electrons. The number of piperidine rings is 1. The Morgan fingerprint density at radius 3 is 2.59 bits per heavy atom. The van der Waals surface area contributed by atoms with Gasteiger partial charge in [-0.25, -0.2) is 4.79 Å². The Bertz CT molecular complexity index is 468. The van der Waals surface area contributed by atoms with Crippen LogP contribution in [0.2, 0.25) is 0 Å². The second-order valence-electron chi connectivity index (χ2n) is 5.95. The fourth-order valence-corrected chi connectivity index (χ4v) is 2.93. The number of pyridine rings is 1. The molecule has 2 aliphatic rings. The van der Waals surface area contributed by atoms with Crippen LogP contribution in [0.5, 0.6) is 0 Å². The lowest BCUT2D eigenvalue weighted by Gasteiger charge is -2.32. The number of hydrogen-bond donors (Lipinski definition) is 4. The smallest absolute Gasteiger partial charge is 0.315 e. The zero-order valence-corrected chi connectivity index (χ0v) is 12.7. The van der Waals surface area contributed by atoms with Crippen LogP contribution in [0.3, 0.4) is 0 Å². The van der Waals surface area contributed by atoms with E-state index < -0.39 is 0 Å². The van der Waals surface area contributed by atoms with E-state index in [0.29, 0.717) is 0 Å². The molecule has 3 heterocycles. The molecule has 0 aromatic carbocycles. The average molecular weight is 304 g/mol. The summed E-state index contributed by atoms with van der Waals surface area (Å²) < 4.78 is 0. The molecule has 3 rings (SSSR count). The Morgan fingerprint density at radius 1 is 1.18 bits per heavy atom. The number of aromatic nitrogens is 1. The second kappa shape index (κ2) is 7.53. The Morgan fingerprint density at radius 2 is 1.91 bits per heavy atom. The minimum atomic E-state index is -0.0568. The van der Waals surface area contributed by atoms with Gasteiger partial charge in [0.05, 0.1) is 11.7 Å². The van der Waals surface area contributed by atoms with Crippen LogP contribution in [-0.2, 0) is 6.54 Å². The van der Waals surface area contributed by atoms with Crippen LogP contribution in [0.4, 0.5) is 4.79 Å². The predicted molar refractivity (Wildman–Crippen MR) is 84.0 cm³/mol. The van der Waals surface area contributed by atoms with Crippen molar-refractivity contribution < 1.29 is 4.79 Å². The van der Waals surface area contributed by atoms with Crippen molar-refractivity contribution in [2.75, 3.05) is 26.2 Å². The number of carbonyl (C=O) groups is 1. The summed E-state index contributed by atoms with van der Waals surface area (Å²) in [5.41, 5.74) is 7.11. The number of hydrogen-bond acceptors (Lipinski definition) is 5. The van der Waals surface area contributed by atoms with E-state index in [-0.39, 0.29) is 18.1 Å². The fraction of sp³-hybridized carbons (Fsp3) is 0.600. The molecule has 0 bridgehead atoms. The third-order valence-electron chi connectivity index (χ3n) is 4.19. The molecule has 7 nitrogen and oxygen atoms in total. The summed E-state index contributed by atoms with van der Waals surface area (Å²) in [6.07, 6.45) is 3.81. The van der Waals surface area contributed by atoms with Crippen LogP contribution in [-0.4, -0.2) is 54.2 Å². The van der Waals surface area contributed by atoms with Gasteiger partial charge in [0.15, 0.2) is 0 Å². The van der Waals surface area contributed by atoms with Crippen molar-refractivity contribution in [2.24, 2.45) is 0 Å². The van der Waals surface area contributed by atoms with Crippen molar-refractivity contribution in [1.82, 2.24) is 31.4 Å². The Labute approximate surface area is 130 Å². The minimum absolute atomic E-state index is 0.0568. The molecule has 0 aliphatic carbocycles. The van der Waals surface area contributed by atoms with Crippen LogP contribution >= 0.6 is 0 Å². The summed E-state index contributed by atoms with van der Waals surface area (Å²) in [5, 5.41) is 6.06. The van der Waals surface area contributed by atoms with Gasteiger partial charge in [0.1, 0.15) is 0 Å². The highest BCUT2D eigenvalue weighted by Crippen LogP contribution is 2.12. The third-order valence-corrected chi connectivity index (χ3v) is 4.19. The van der Waals surface area contributed by atoms with Gasteiger partial charge in [0.2, 0.25) is 0 Å². The van der Waals surface area contributed by atoms with Crippen LogP contribution in [0.1, 0.15) is 18.5 Å². The molecule has 2 saturated heterocycles. The number of carbonyl (C=O) groups excluding carboxylic acids is 1. The SMILES string of the molecule is O=C(NC1CCN(Cc2ccccn2)CC1)NC1CNNC1. The van der Waals surface area contributed by atoms with Gasteiger partial charge in [-0.05, 0) is 25.0 Å². The molecule has 7 heteroatoms. The van der Waals surface area contributed by atoms with Crippen molar-refractivity contribution in [3.8, 4) is 0 Å². The molecule has 1 aromatic rings. The number of nitrogens with zero attached hydrogens (tertiary/aromatic N) is 2. The number of urea groups is 1. The molecular weight excluding hydrogens is 280 g/mol. The van der Waals surface area contributed by atoms with Gasteiger partial charge < -0.3 is 10.6 Å². The molecule has 2 amide bonds. The molecule has 0 unspecified atom stereocenters. The largest absolute Gasteiger partial charge is 0.335 e. The lowest BCUT2D eigenvalue weighted by Crippen LogP contribution is -2.51. The summed E-state index contributed by atoms with van der Waals surface area (Å²) in [6, 6.07) is 6.40. The van der Waals surface area contributed by atoms with Gasteiger partial charge in [-0.1, -0.05) is 6.07 Å². The topological polar surface area (TPSA) is 81.3 Å². The quantitative estimate of drug-likeness (QED) is 0.620. The molecule has 0 atom stereocenters. The molecule has 120 valence electrons. The summed E-state index contributed by atoms with van der Waals surface area (Å²) in [4.78, 5) is 18.7. The van der Waals surface area contributed by atoms with Gasteiger partial charge in [-0.2, -0.15) is 0 Å². The molecule has 4 N–H and O–H groups in total. The first-order valence-corrected chi connectivity index (χ1v) is 7.94. The van der Waals surface area contributed by atoms with E-state index in [2.05, 4.69) is 37.4 Å². The molecule has 22 heavy (non-hydrogen) atoms. The molecule has 0 saturated carbocycles. The normalized spacial score (nSPS) is 20.9. The Kier molecular flexibility index (Phi) is 5.20. The van der Waals surface area contributed by atoms with Crippen molar-refractivity contribution in [3.05, 3.63) is 30.1 Å². The first-order valence-electron chi connectivity index (χ1n) is 7.94. The molecule has 1 aromatic heterocycles. The van der Waals surface area contributed by atoms with Crippen molar-refractivity contribution in [2.45, 2.75) is 31.5 Å². The summed E-state index contributed by atoms with van der Waals surface area (Å²) in [5.74, 6) is 0. The van der Waals surface area contributed by atoms with Crippen LogP contribution in [0, 0.1) is 0 Å². The van der Waals surface area contributed by atoms with Crippen LogP contribution in [0.15, 0.2) is 24.4 Å². The van der Waals surface area contributed by atoms with Crippen molar-refractivity contribution >= 4 is 6.03 Å². The van der Waals surface area contributed by atoms with E-state index >= 15 is 0 Å².